The van der Waals surface area contributed by atoms with Crippen molar-refractivity contribution in [1.82, 2.24) is 0 Å². The van der Waals surface area contributed by atoms with Gasteiger partial charge in [0.2, 0.25) is 5.91 Å². The summed E-state index contributed by atoms with van der Waals surface area (Å²) in [4.78, 5) is 17.3. The van der Waals surface area contributed by atoms with E-state index in [1.807, 2.05) is 18.2 Å². The molecule has 0 aromatic heterocycles. The SMILES string of the molecule is NC(=O)C(C1=Nc2ccccc2SC1)c1cccc(C(F)(F)F)c1. The smallest absolute Gasteiger partial charge is 0.369 e. The summed E-state index contributed by atoms with van der Waals surface area (Å²) >= 11 is 1.49. The fourth-order valence-electron chi connectivity index (χ4n) is 2.57. The van der Waals surface area contributed by atoms with Crippen molar-refractivity contribution in [3.8, 4) is 0 Å². The molecular formula is C17H13F3N2OS. The summed E-state index contributed by atoms with van der Waals surface area (Å²) in [7, 11) is 0. The molecule has 0 saturated heterocycles. The Morgan fingerprint density at radius 3 is 2.62 bits per heavy atom. The first kappa shape index (κ1) is 16.6. The maximum absolute atomic E-state index is 12.9. The van der Waals surface area contributed by atoms with Crippen LogP contribution in [0.2, 0.25) is 0 Å². The summed E-state index contributed by atoms with van der Waals surface area (Å²) in [6.45, 7) is 0. The van der Waals surface area contributed by atoms with Crippen LogP contribution in [0.3, 0.4) is 0 Å². The summed E-state index contributed by atoms with van der Waals surface area (Å²) in [6.07, 6.45) is -4.48. The van der Waals surface area contributed by atoms with Crippen molar-refractivity contribution in [1.29, 1.82) is 0 Å². The van der Waals surface area contributed by atoms with Crippen LogP contribution in [0.4, 0.5) is 18.9 Å². The molecule has 1 unspecified atom stereocenters. The van der Waals surface area contributed by atoms with E-state index in [4.69, 9.17) is 5.73 Å². The van der Waals surface area contributed by atoms with Gasteiger partial charge in [0.15, 0.2) is 0 Å². The molecule has 1 heterocycles. The van der Waals surface area contributed by atoms with Crippen LogP contribution >= 0.6 is 11.8 Å². The summed E-state index contributed by atoms with van der Waals surface area (Å²) in [6, 6.07) is 12.1. The summed E-state index contributed by atoms with van der Waals surface area (Å²) in [5.41, 5.74) is 6.02. The van der Waals surface area contributed by atoms with E-state index >= 15 is 0 Å². The average Bonchev–Trinajstić information content (AvgIpc) is 2.54. The lowest BCUT2D eigenvalue weighted by Crippen LogP contribution is -2.30. The molecule has 0 radical (unpaired) electrons. The van der Waals surface area contributed by atoms with Gasteiger partial charge in [0.05, 0.1) is 11.3 Å². The van der Waals surface area contributed by atoms with Gasteiger partial charge in [-0.3, -0.25) is 9.79 Å². The Balaban J connectivity index is 2.04. The number of nitrogens with two attached hydrogens (primary N) is 1. The second-order valence-electron chi connectivity index (χ2n) is 5.32. The Morgan fingerprint density at radius 1 is 1.17 bits per heavy atom. The van der Waals surface area contributed by atoms with E-state index in [9.17, 15) is 18.0 Å². The molecule has 1 atom stereocenters. The van der Waals surface area contributed by atoms with Crippen molar-refractivity contribution in [3.05, 3.63) is 59.7 Å². The predicted octanol–water partition coefficient (Wildman–Crippen LogP) is 4.15. The summed E-state index contributed by atoms with van der Waals surface area (Å²) in [5.74, 6) is -1.29. The van der Waals surface area contributed by atoms with E-state index in [-0.39, 0.29) is 5.56 Å². The number of fused-ring (bicyclic) bond motifs is 1. The highest BCUT2D eigenvalue weighted by Crippen LogP contribution is 2.37. The van der Waals surface area contributed by atoms with Crippen LogP contribution < -0.4 is 5.73 Å². The molecule has 0 bridgehead atoms. The molecule has 0 saturated carbocycles. The van der Waals surface area contributed by atoms with E-state index in [0.717, 1.165) is 17.0 Å². The molecule has 24 heavy (non-hydrogen) atoms. The summed E-state index contributed by atoms with van der Waals surface area (Å²) < 4.78 is 38.8. The minimum absolute atomic E-state index is 0.205. The quantitative estimate of drug-likeness (QED) is 0.904. The van der Waals surface area contributed by atoms with Gasteiger partial charge in [-0.25, -0.2) is 0 Å². The molecular weight excluding hydrogens is 337 g/mol. The molecule has 1 amide bonds. The van der Waals surface area contributed by atoms with E-state index in [1.165, 1.54) is 23.9 Å². The van der Waals surface area contributed by atoms with Gasteiger partial charge in [-0.05, 0) is 23.8 Å². The maximum Gasteiger partial charge on any atom is 0.416 e. The zero-order valence-corrected chi connectivity index (χ0v) is 13.2. The van der Waals surface area contributed by atoms with Gasteiger partial charge < -0.3 is 5.73 Å². The van der Waals surface area contributed by atoms with Crippen molar-refractivity contribution in [2.24, 2.45) is 10.7 Å². The molecule has 2 aromatic rings. The van der Waals surface area contributed by atoms with Crippen molar-refractivity contribution < 1.29 is 18.0 Å². The first-order valence-corrected chi connectivity index (χ1v) is 8.10. The average molecular weight is 350 g/mol. The predicted molar refractivity (Wildman–Crippen MR) is 87.6 cm³/mol. The monoisotopic (exact) mass is 350 g/mol. The molecule has 7 heteroatoms. The first-order chi connectivity index (χ1) is 11.4. The topological polar surface area (TPSA) is 55.5 Å². The minimum Gasteiger partial charge on any atom is -0.369 e. The van der Waals surface area contributed by atoms with Crippen LogP contribution in [-0.4, -0.2) is 17.4 Å². The van der Waals surface area contributed by atoms with Gasteiger partial charge in [-0.1, -0.05) is 30.3 Å². The molecule has 1 aliphatic rings. The van der Waals surface area contributed by atoms with E-state index in [1.54, 1.807) is 6.07 Å². The number of carbonyl (C=O) groups is 1. The molecule has 0 aliphatic carbocycles. The highest BCUT2D eigenvalue weighted by atomic mass is 32.2. The molecule has 1 aliphatic heterocycles. The number of amides is 1. The Morgan fingerprint density at radius 2 is 1.92 bits per heavy atom. The number of thioether (sulfide) groups is 1. The largest absolute Gasteiger partial charge is 0.416 e. The number of para-hydroxylation sites is 1. The van der Waals surface area contributed by atoms with Crippen molar-refractivity contribution in [3.63, 3.8) is 0 Å². The van der Waals surface area contributed by atoms with Crippen molar-refractivity contribution >= 4 is 29.1 Å². The Kier molecular flexibility index (Phi) is 4.36. The summed E-state index contributed by atoms with van der Waals surface area (Å²) in [5, 5.41) is 0. The number of aliphatic imine (C=N–C) groups is 1. The number of alkyl halides is 3. The van der Waals surface area contributed by atoms with Crippen LogP contribution in [0.5, 0.6) is 0 Å². The minimum atomic E-state index is -4.48. The van der Waals surface area contributed by atoms with Gasteiger partial charge >= 0.3 is 6.18 Å². The van der Waals surface area contributed by atoms with E-state index < -0.39 is 23.6 Å². The number of hydrogen-bond donors (Lipinski definition) is 1. The number of rotatable bonds is 3. The first-order valence-electron chi connectivity index (χ1n) is 7.12. The van der Waals surface area contributed by atoms with Crippen LogP contribution in [-0.2, 0) is 11.0 Å². The van der Waals surface area contributed by atoms with E-state index in [2.05, 4.69) is 4.99 Å². The van der Waals surface area contributed by atoms with Crippen LogP contribution in [0, 0.1) is 0 Å². The fraction of sp³-hybridized carbons (Fsp3) is 0.176. The Hall–Kier alpha value is -2.28. The number of benzene rings is 2. The number of halogens is 3. The van der Waals surface area contributed by atoms with Crippen molar-refractivity contribution in [2.45, 2.75) is 17.0 Å². The lowest BCUT2D eigenvalue weighted by molar-refractivity contribution is -0.137. The van der Waals surface area contributed by atoms with Gasteiger partial charge in [0, 0.05) is 16.4 Å². The lowest BCUT2D eigenvalue weighted by atomic mass is 9.92. The Labute approximate surface area is 140 Å². The third-order valence-corrected chi connectivity index (χ3v) is 4.77. The number of nitrogens with zero attached hydrogens (tertiary/aromatic N) is 1. The molecule has 0 spiro atoms. The van der Waals surface area contributed by atoms with E-state index in [0.29, 0.717) is 17.2 Å². The molecule has 2 N–H and O–H groups in total. The van der Waals surface area contributed by atoms with Gasteiger partial charge in [-0.15, -0.1) is 11.8 Å². The normalized spacial score (nSPS) is 15.4. The van der Waals surface area contributed by atoms with Gasteiger partial charge in [-0.2, -0.15) is 13.2 Å². The zero-order valence-electron chi connectivity index (χ0n) is 12.4. The van der Waals surface area contributed by atoms with Crippen LogP contribution in [0.15, 0.2) is 58.4 Å². The number of carbonyl (C=O) groups excluding carboxylic acids is 1. The molecule has 0 fully saturated rings. The number of primary amides is 1. The number of hydrogen-bond acceptors (Lipinski definition) is 3. The third-order valence-electron chi connectivity index (χ3n) is 3.67. The second kappa shape index (κ2) is 6.32. The molecule has 2 aromatic carbocycles. The van der Waals surface area contributed by atoms with Gasteiger partial charge in [0.1, 0.15) is 5.92 Å². The molecule has 3 nitrogen and oxygen atoms in total. The highest BCUT2D eigenvalue weighted by Gasteiger charge is 2.33. The highest BCUT2D eigenvalue weighted by molar-refractivity contribution is 8.00. The molecule has 124 valence electrons. The standard InChI is InChI=1S/C17H13F3N2OS/c18-17(19,20)11-5-3-4-10(8-11)15(16(21)23)13-9-24-14-7-2-1-6-12(14)22-13/h1-8,15H,9H2,(H2,21,23). The maximum atomic E-state index is 12.9. The van der Waals surface area contributed by atoms with Crippen molar-refractivity contribution in [2.75, 3.05) is 5.75 Å². The van der Waals surface area contributed by atoms with Gasteiger partial charge in [0.25, 0.3) is 0 Å². The molecule has 3 rings (SSSR count). The lowest BCUT2D eigenvalue weighted by Gasteiger charge is -2.21. The fourth-order valence-corrected chi connectivity index (χ4v) is 3.54. The zero-order chi connectivity index (χ0) is 17.3. The third kappa shape index (κ3) is 3.31. The van der Waals surface area contributed by atoms with Crippen LogP contribution in [0.1, 0.15) is 17.0 Å². The Bertz CT molecular complexity index is 817. The van der Waals surface area contributed by atoms with Crippen LogP contribution in [0.25, 0.3) is 0 Å². The second-order valence-corrected chi connectivity index (χ2v) is 6.34.